The minimum Gasteiger partial charge on any atom is -0.329 e. The molecule has 3 aliphatic rings. The van der Waals surface area contributed by atoms with Gasteiger partial charge in [0, 0.05) is 36.6 Å². The van der Waals surface area contributed by atoms with Gasteiger partial charge in [0.15, 0.2) is 0 Å². The minimum absolute atomic E-state index is 0.0818. The van der Waals surface area contributed by atoms with Crippen LogP contribution in [0.5, 0.6) is 0 Å². The molecule has 0 saturated carbocycles. The van der Waals surface area contributed by atoms with Crippen LogP contribution in [0, 0.1) is 17.0 Å². The Morgan fingerprint density at radius 3 is 2.61 bits per heavy atom. The third-order valence-corrected chi connectivity index (χ3v) is 8.50. The zero-order valence-corrected chi connectivity index (χ0v) is 22.7. The average Bonchev–Trinajstić information content (AvgIpc) is 3.44. The van der Waals surface area contributed by atoms with E-state index in [2.05, 4.69) is 20.9 Å². The molecule has 8 nitrogen and oxygen atoms in total. The number of fused-ring (bicyclic) bond motifs is 3. The number of anilines is 2. The number of piperidine rings is 1. The lowest BCUT2D eigenvalue weighted by molar-refractivity contribution is -0.145. The molecule has 2 atom stereocenters. The molecule has 6 rings (SSSR count). The number of rotatable bonds is 6. The number of nitrogens with one attached hydrogen (secondary N) is 3. The normalized spacial score (nSPS) is 22.7. The lowest BCUT2D eigenvalue weighted by atomic mass is 9.79. The Morgan fingerprint density at radius 2 is 1.85 bits per heavy atom. The van der Waals surface area contributed by atoms with Crippen molar-refractivity contribution in [3.8, 4) is 0 Å². The minimum atomic E-state index is -0.743. The van der Waals surface area contributed by atoms with Crippen LogP contribution in [0.4, 0.5) is 20.3 Å². The van der Waals surface area contributed by atoms with Gasteiger partial charge in [-0.05, 0) is 86.2 Å². The van der Waals surface area contributed by atoms with E-state index in [0.717, 1.165) is 35.7 Å². The highest BCUT2D eigenvalue weighted by Crippen LogP contribution is 2.47. The highest BCUT2D eigenvalue weighted by Gasteiger charge is 2.51. The Balaban J connectivity index is 1.20. The Bertz CT molecular complexity index is 1530. The second-order valence-corrected chi connectivity index (χ2v) is 11.6. The van der Waals surface area contributed by atoms with Crippen molar-refractivity contribution in [3.63, 3.8) is 0 Å². The summed E-state index contributed by atoms with van der Waals surface area (Å²) in [6.07, 6.45) is 4.13. The molecule has 1 saturated heterocycles. The van der Waals surface area contributed by atoms with Crippen LogP contribution < -0.4 is 16.0 Å². The molecular formula is C31H31F2N5O3. The third kappa shape index (κ3) is 5.08. The van der Waals surface area contributed by atoms with E-state index in [4.69, 9.17) is 0 Å². The van der Waals surface area contributed by atoms with Gasteiger partial charge in [-0.1, -0.05) is 12.1 Å². The van der Waals surface area contributed by atoms with Crippen LogP contribution in [0.15, 0.2) is 54.7 Å². The monoisotopic (exact) mass is 559 g/mol. The van der Waals surface area contributed by atoms with Crippen molar-refractivity contribution in [2.75, 3.05) is 30.3 Å². The van der Waals surface area contributed by atoms with Crippen molar-refractivity contribution in [1.82, 2.24) is 15.2 Å². The molecule has 212 valence electrons. The molecule has 3 heterocycles. The van der Waals surface area contributed by atoms with E-state index < -0.39 is 28.4 Å². The summed E-state index contributed by atoms with van der Waals surface area (Å²) < 4.78 is 27.8. The van der Waals surface area contributed by atoms with Crippen molar-refractivity contribution in [2.24, 2.45) is 5.41 Å². The SMILES string of the molecule is CC1(C(=O)N(CC(=O)Nc2ccc3c(c2)CC2(C3)C(=O)Nc3ncccc32)Cc2cc(F)cc(F)c2)CCCNC1. The van der Waals surface area contributed by atoms with Gasteiger partial charge in [0.2, 0.25) is 17.7 Å². The molecule has 2 aromatic carbocycles. The lowest BCUT2D eigenvalue weighted by Gasteiger charge is -2.37. The molecule has 1 spiro atoms. The summed E-state index contributed by atoms with van der Waals surface area (Å²) in [6.45, 7) is 2.73. The molecule has 10 heteroatoms. The molecule has 3 amide bonds. The average molecular weight is 560 g/mol. The topological polar surface area (TPSA) is 103 Å². The summed E-state index contributed by atoms with van der Waals surface area (Å²) in [5.74, 6) is -1.66. The first kappa shape index (κ1) is 27.0. The zero-order chi connectivity index (χ0) is 28.8. The predicted molar refractivity (Wildman–Crippen MR) is 149 cm³/mol. The standard InChI is InChI=1S/C31H31F2N5O3/c1-30(7-3-8-34-18-30)29(41)38(16-19-10-22(32)13-23(33)11-19)17-26(39)36-24-6-5-20-14-31(15-21(20)12-24)25-4-2-9-35-27(25)37-28(31)40/h2,4-6,9-13,34H,3,7-8,14-18H2,1H3,(H,36,39)(H,35,37,40). The molecule has 41 heavy (non-hydrogen) atoms. The first-order chi connectivity index (χ1) is 19.6. The van der Waals surface area contributed by atoms with Crippen LogP contribution in [0.3, 0.4) is 0 Å². The molecule has 0 radical (unpaired) electrons. The van der Waals surface area contributed by atoms with Gasteiger partial charge >= 0.3 is 0 Å². The number of aromatic nitrogens is 1. The number of benzene rings is 2. The van der Waals surface area contributed by atoms with E-state index in [1.165, 1.54) is 17.0 Å². The second-order valence-electron chi connectivity index (χ2n) is 11.6. The molecule has 0 bridgehead atoms. The molecule has 1 fully saturated rings. The number of hydrogen-bond donors (Lipinski definition) is 3. The van der Waals surface area contributed by atoms with Crippen LogP contribution in [0.1, 0.15) is 42.0 Å². The van der Waals surface area contributed by atoms with E-state index in [-0.39, 0.29) is 30.5 Å². The van der Waals surface area contributed by atoms with Crippen LogP contribution in [0.25, 0.3) is 0 Å². The zero-order valence-electron chi connectivity index (χ0n) is 22.7. The van der Waals surface area contributed by atoms with Crippen molar-refractivity contribution >= 4 is 29.2 Å². The summed E-state index contributed by atoms with van der Waals surface area (Å²) >= 11 is 0. The molecule has 3 N–H and O–H groups in total. The maximum absolute atomic E-state index is 13.9. The Kier molecular flexibility index (Phi) is 6.81. The quantitative estimate of drug-likeness (QED) is 0.428. The highest BCUT2D eigenvalue weighted by molar-refractivity contribution is 6.06. The van der Waals surface area contributed by atoms with Gasteiger partial charge in [0.1, 0.15) is 24.0 Å². The van der Waals surface area contributed by atoms with Gasteiger partial charge < -0.3 is 20.9 Å². The summed E-state index contributed by atoms with van der Waals surface area (Å²) in [6, 6.07) is 12.4. The van der Waals surface area contributed by atoms with Gasteiger partial charge in [-0.25, -0.2) is 13.8 Å². The number of carbonyl (C=O) groups is 3. The van der Waals surface area contributed by atoms with Crippen LogP contribution >= 0.6 is 0 Å². The van der Waals surface area contributed by atoms with E-state index in [9.17, 15) is 23.2 Å². The largest absolute Gasteiger partial charge is 0.329 e. The number of carbonyl (C=O) groups excluding carboxylic acids is 3. The van der Waals surface area contributed by atoms with E-state index in [1.54, 1.807) is 12.3 Å². The fourth-order valence-electron chi connectivity index (χ4n) is 6.46. The summed E-state index contributed by atoms with van der Waals surface area (Å²) in [4.78, 5) is 45.6. The smallest absolute Gasteiger partial charge is 0.244 e. The third-order valence-electron chi connectivity index (χ3n) is 8.50. The van der Waals surface area contributed by atoms with Crippen molar-refractivity contribution in [3.05, 3.63) is 88.6 Å². The summed E-state index contributed by atoms with van der Waals surface area (Å²) in [5.41, 5.74) is 2.21. The molecule has 3 aromatic rings. The van der Waals surface area contributed by atoms with Gasteiger partial charge in [0.05, 0.1) is 10.8 Å². The van der Waals surface area contributed by atoms with E-state index in [0.29, 0.717) is 37.3 Å². The highest BCUT2D eigenvalue weighted by atomic mass is 19.1. The fraction of sp³-hybridized carbons (Fsp3) is 0.355. The Morgan fingerprint density at radius 1 is 1.07 bits per heavy atom. The van der Waals surface area contributed by atoms with Crippen molar-refractivity contribution in [2.45, 2.75) is 44.6 Å². The van der Waals surface area contributed by atoms with Gasteiger partial charge in [-0.15, -0.1) is 0 Å². The number of amides is 3. The maximum Gasteiger partial charge on any atom is 0.244 e. The predicted octanol–water partition coefficient (Wildman–Crippen LogP) is 3.71. The first-order valence-electron chi connectivity index (χ1n) is 13.8. The molecular weight excluding hydrogens is 528 g/mol. The van der Waals surface area contributed by atoms with E-state index in [1.807, 2.05) is 31.2 Å². The summed E-state index contributed by atoms with van der Waals surface area (Å²) in [7, 11) is 0. The Labute approximate surface area is 236 Å². The second kappa shape index (κ2) is 10.3. The number of nitrogens with zero attached hydrogens (tertiary/aromatic N) is 2. The number of hydrogen-bond acceptors (Lipinski definition) is 5. The first-order valence-corrected chi connectivity index (χ1v) is 13.8. The van der Waals surface area contributed by atoms with Crippen molar-refractivity contribution < 1.29 is 23.2 Å². The van der Waals surface area contributed by atoms with Crippen molar-refractivity contribution in [1.29, 1.82) is 0 Å². The fourth-order valence-corrected chi connectivity index (χ4v) is 6.46. The van der Waals surface area contributed by atoms with E-state index >= 15 is 0 Å². The Hall–Kier alpha value is -4.18. The van der Waals surface area contributed by atoms with Gasteiger partial charge in [0.25, 0.3) is 0 Å². The van der Waals surface area contributed by atoms with Crippen LogP contribution in [-0.4, -0.2) is 47.2 Å². The maximum atomic E-state index is 13.9. The molecule has 2 unspecified atom stereocenters. The number of halogens is 2. The van der Waals surface area contributed by atoms with Crippen LogP contribution in [0.2, 0.25) is 0 Å². The van der Waals surface area contributed by atoms with Crippen LogP contribution in [-0.2, 0) is 39.2 Å². The molecule has 1 aromatic heterocycles. The summed E-state index contributed by atoms with van der Waals surface area (Å²) in [5, 5.41) is 9.01. The molecule has 2 aliphatic heterocycles. The lowest BCUT2D eigenvalue weighted by Crippen LogP contribution is -2.51. The van der Waals surface area contributed by atoms with Gasteiger partial charge in [-0.3, -0.25) is 14.4 Å². The number of pyridine rings is 1. The van der Waals surface area contributed by atoms with Gasteiger partial charge in [-0.2, -0.15) is 0 Å². The molecule has 1 aliphatic carbocycles.